The third-order valence-electron chi connectivity index (χ3n) is 2.00. The second kappa shape index (κ2) is 1.92. The standard InChI is InChI=1S/C6H10O4/c7-4-2-10-6(8)1-5(4)9-3-6/h4-5,7-8H,1-3H2/t4-,5?,6-/m0/s1. The monoisotopic (exact) mass is 146 g/mol. The molecule has 0 amide bonds. The van der Waals surface area contributed by atoms with Crippen LogP contribution < -0.4 is 0 Å². The Morgan fingerprint density at radius 3 is 3.00 bits per heavy atom. The molecule has 4 nitrogen and oxygen atoms in total. The smallest absolute Gasteiger partial charge is 0.192 e. The summed E-state index contributed by atoms with van der Waals surface area (Å²) in [5.74, 6) is -1.11. The minimum Gasteiger partial charge on any atom is -0.388 e. The van der Waals surface area contributed by atoms with E-state index in [2.05, 4.69) is 0 Å². The summed E-state index contributed by atoms with van der Waals surface area (Å²) in [7, 11) is 0. The number of hydrogen-bond acceptors (Lipinski definition) is 4. The molecule has 3 atom stereocenters. The van der Waals surface area contributed by atoms with Gasteiger partial charge in [-0.25, -0.2) is 0 Å². The van der Waals surface area contributed by atoms with Crippen molar-refractivity contribution in [1.82, 2.24) is 0 Å². The zero-order valence-electron chi connectivity index (χ0n) is 5.49. The Balaban J connectivity index is 2.12. The van der Waals surface area contributed by atoms with Gasteiger partial charge in [-0.05, 0) is 0 Å². The molecule has 2 aliphatic heterocycles. The van der Waals surface area contributed by atoms with Gasteiger partial charge in [0.05, 0.1) is 12.7 Å². The number of hydrogen-bond donors (Lipinski definition) is 2. The first kappa shape index (κ1) is 6.54. The maximum absolute atomic E-state index is 9.38. The van der Waals surface area contributed by atoms with Crippen molar-refractivity contribution in [2.45, 2.75) is 24.4 Å². The van der Waals surface area contributed by atoms with Gasteiger partial charge in [0.15, 0.2) is 5.79 Å². The van der Waals surface area contributed by atoms with E-state index in [0.717, 1.165) is 0 Å². The van der Waals surface area contributed by atoms with Crippen molar-refractivity contribution in [3.8, 4) is 0 Å². The lowest BCUT2D eigenvalue weighted by Gasteiger charge is -2.28. The summed E-state index contributed by atoms with van der Waals surface area (Å²) < 4.78 is 10.0. The van der Waals surface area contributed by atoms with E-state index in [1.165, 1.54) is 0 Å². The van der Waals surface area contributed by atoms with E-state index in [-0.39, 0.29) is 19.3 Å². The fraction of sp³-hybridized carbons (Fsp3) is 1.00. The number of aliphatic hydroxyl groups is 2. The average molecular weight is 146 g/mol. The first-order valence-electron chi connectivity index (χ1n) is 3.36. The topological polar surface area (TPSA) is 58.9 Å². The molecule has 2 saturated heterocycles. The van der Waals surface area contributed by atoms with E-state index in [1.807, 2.05) is 0 Å². The first-order valence-corrected chi connectivity index (χ1v) is 3.36. The zero-order valence-corrected chi connectivity index (χ0v) is 5.49. The van der Waals surface area contributed by atoms with Crippen LogP contribution in [-0.2, 0) is 9.47 Å². The Bertz CT molecular complexity index is 149. The van der Waals surface area contributed by atoms with Crippen molar-refractivity contribution in [1.29, 1.82) is 0 Å². The van der Waals surface area contributed by atoms with Crippen LogP contribution in [0.2, 0.25) is 0 Å². The molecule has 2 rings (SSSR count). The molecule has 2 aliphatic rings. The number of fused-ring (bicyclic) bond motifs is 2. The van der Waals surface area contributed by atoms with Crippen LogP contribution in [0.4, 0.5) is 0 Å². The molecular weight excluding hydrogens is 136 g/mol. The van der Waals surface area contributed by atoms with Gasteiger partial charge in [-0.15, -0.1) is 0 Å². The maximum Gasteiger partial charge on any atom is 0.192 e. The Labute approximate surface area is 58.4 Å². The summed E-state index contributed by atoms with van der Waals surface area (Å²) in [4.78, 5) is 0. The molecule has 0 aliphatic carbocycles. The molecular formula is C6H10O4. The van der Waals surface area contributed by atoms with Gasteiger partial charge >= 0.3 is 0 Å². The molecule has 2 heterocycles. The molecule has 2 N–H and O–H groups in total. The van der Waals surface area contributed by atoms with E-state index < -0.39 is 11.9 Å². The second-order valence-corrected chi connectivity index (χ2v) is 2.88. The second-order valence-electron chi connectivity index (χ2n) is 2.88. The van der Waals surface area contributed by atoms with Crippen LogP contribution >= 0.6 is 0 Å². The van der Waals surface area contributed by atoms with Crippen molar-refractivity contribution >= 4 is 0 Å². The quantitative estimate of drug-likeness (QED) is 0.453. The Kier molecular flexibility index (Phi) is 1.25. The first-order chi connectivity index (χ1) is 4.70. The van der Waals surface area contributed by atoms with Gasteiger partial charge in [0.25, 0.3) is 0 Å². The molecule has 58 valence electrons. The summed E-state index contributed by atoms with van der Waals surface area (Å²) in [6.45, 7) is 0.371. The van der Waals surface area contributed by atoms with Gasteiger partial charge in [0.1, 0.15) is 12.7 Å². The van der Waals surface area contributed by atoms with Crippen molar-refractivity contribution in [3.63, 3.8) is 0 Å². The van der Waals surface area contributed by atoms with Crippen LogP contribution in [0.5, 0.6) is 0 Å². The minimum atomic E-state index is -1.11. The lowest BCUT2D eigenvalue weighted by atomic mass is 10.1. The fourth-order valence-electron chi connectivity index (χ4n) is 1.36. The molecule has 0 spiro atoms. The van der Waals surface area contributed by atoms with Crippen molar-refractivity contribution < 1.29 is 19.7 Å². The number of ether oxygens (including phenoxy) is 2. The van der Waals surface area contributed by atoms with Gasteiger partial charge in [-0.3, -0.25) is 0 Å². The molecule has 0 aromatic carbocycles. The lowest BCUT2D eigenvalue weighted by molar-refractivity contribution is -0.220. The fourth-order valence-corrected chi connectivity index (χ4v) is 1.36. The lowest BCUT2D eigenvalue weighted by Crippen LogP contribution is -2.43. The largest absolute Gasteiger partial charge is 0.388 e. The third-order valence-corrected chi connectivity index (χ3v) is 2.00. The molecule has 0 aromatic heterocycles. The van der Waals surface area contributed by atoms with E-state index >= 15 is 0 Å². The highest BCUT2D eigenvalue weighted by atomic mass is 16.7. The molecule has 0 saturated carbocycles. The van der Waals surface area contributed by atoms with E-state index in [9.17, 15) is 5.11 Å². The van der Waals surface area contributed by atoms with Crippen LogP contribution in [0.3, 0.4) is 0 Å². The predicted molar refractivity (Wildman–Crippen MR) is 31.3 cm³/mol. The van der Waals surface area contributed by atoms with E-state index in [1.54, 1.807) is 0 Å². The molecule has 2 bridgehead atoms. The van der Waals surface area contributed by atoms with Crippen LogP contribution in [0.25, 0.3) is 0 Å². The van der Waals surface area contributed by atoms with Gasteiger partial charge in [0, 0.05) is 6.42 Å². The number of rotatable bonds is 0. The van der Waals surface area contributed by atoms with Crippen LogP contribution in [0, 0.1) is 0 Å². The Morgan fingerprint density at radius 2 is 2.30 bits per heavy atom. The predicted octanol–water partition coefficient (Wildman–Crippen LogP) is -1.15. The minimum absolute atomic E-state index is 0.182. The third kappa shape index (κ3) is 0.845. The van der Waals surface area contributed by atoms with Crippen molar-refractivity contribution in [2.24, 2.45) is 0 Å². The summed E-state index contributed by atoms with van der Waals surface area (Å²) in [5, 5.41) is 18.5. The SMILES string of the molecule is O[C@H]1CO[C@]2(O)COC1C2. The highest BCUT2D eigenvalue weighted by molar-refractivity contribution is 4.89. The molecule has 2 fully saturated rings. The normalized spacial score (nSPS) is 53.4. The zero-order chi connectivity index (χ0) is 7.19. The summed E-state index contributed by atoms with van der Waals surface area (Å²) in [6.07, 6.45) is -0.393. The maximum atomic E-state index is 9.38. The van der Waals surface area contributed by atoms with Crippen molar-refractivity contribution in [3.05, 3.63) is 0 Å². The van der Waals surface area contributed by atoms with Crippen LogP contribution in [0.1, 0.15) is 6.42 Å². The summed E-state index contributed by atoms with van der Waals surface area (Å²) in [6, 6.07) is 0. The van der Waals surface area contributed by atoms with Gasteiger partial charge in [-0.1, -0.05) is 0 Å². The van der Waals surface area contributed by atoms with Crippen molar-refractivity contribution in [2.75, 3.05) is 13.2 Å². The van der Waals surface area contributed by atoms with E-state index in [4.69, 9.17) is 14.6 Å². The van der Waals surface area contributed by atoms with Gasteiger partial charge < -0.3 is 19.7 Å². The summed E-state index contributed by atoms with van der Waals surface area (Å²) in [5.41, 5.74) is 0. The molecule has 1 unspecified atom stereocenters. The Morgan fingerprint density at radius 1 is 1.50 bits per heavy atom. The van der Waals surface area contributed by atoms with Crippen LogP contribution in [-0.4, -0.2) is 41.4 Å². The summed E-state index contributed by atoms with van der Waals surface area (Å²) >= 11 is 0. The molecule has 4 heteroatoms. The highest BCUT2D eigenvalue weighted by Gasteiger charge is 2.47. The molecule has 10 heavy (non-hydrogen) atoms. The molecule has 0 aromatic rings. The van der Waals surface area contributed by atoms with Gasteiger partial charge in [-0.2, -0.15) is 0 Å². The van der Waals surface area contributed by atoms with Gasteiger partial charge in [0.2, 0.25) is 0 Å². The highest BCUT2D eigenvalue weighted by Crippen LogP contribution is 2.31. The number of aliphatic hydroxyl groups excluding tert-OH is 1. The van der Waals surface area contributed by atoms with E-state index in [0.29, 0.717) is 6.42 Å². The Hall–Kier alpha value is -0.160. The average Bonchev–Trinajstić information content (AvgIpc) is 2.23. The molecule has 0 radical (unpaired) electrons. The van der Waals surface area contributed by atoms with Crippen LogP contribution in [0.15, 0.2) is 0 Å².